The fraction of sp³-hybridized carbons (Fsp3) is 0.333. The van der Waals surface area contributed by atoms with Crippen LogP contribution in [-0.4, -0.2) is 6.04 Å². The van der Waals surface area contributed by atoms with Crippen molar-refractivity contribution < 1.29 is 4.42 Å². The lowest BCUT2D eigenvalue weighted by atomic mass is 10.1. The summed E-state index contributed by atoms with van der Waals surface area (Å²) in [5, 5.41) is 4.64. The van der Waals surface area contributed by atoms with Crippen LogP contribution in [0.5, 0.6) is 0 Å². The molecular weight excluding hydrogens is 210 g/mol. The highest BCUT2D eigenvalue weighted by Crippen LogP contribution is 2.20. The van der Waals surface area contributed by atoms with Crippen LogP contribution in [0, 0.1) is 12.3 Å². The number of furan rings is 1. The van der Waals surface area contributed by atoms with Crippen LogP contribution in [0.1, 0.15) is 25.3 Å². The van der Waals surface area contributed by atoms with Gasteiger partial charge in [0.1, 0.15) is 5.58 Å². The van der Waals surface area contributed by atoms with Gasteiger partial charge in [0, 0.05) is 30.0 Å². The van der Waals surface area contributed by atoms with E-state index in [1.807, 2.05) is 24.5 Å². The Morgan fingerprint density at radius 1 is 1.41 bits per heavy atom. The Kier molecular flexibility index (Phi) is 3.85. The van der Waals surface area contributed by atoms with Gasteiger partial charge in [-0.1, -0.05) is 25.1 Å². The first-order valence-electron chi connectivity index (χ1n) is 5.97. The van der Waals surface area contributed by atoms with Gasteiger partial charge < -0.3 is 9.73 Å². The van der Waals surface area contributed by atoms with Crippen molar-refractivity contribution in [2.45, 2.75) is 32.4 Å². The van der Waals surface area contributed by atoms with E-state index in [0.29, 0.717) is 6.04 Å². The molecule has 0 amide bonds. The molecule has 2 aromatic rings. The van der Waals surface area contributed by atoms with Gasteiger partial charge >= 0.3 is 0 Å². The second-order valence-corrected chi connectivity index (χ2v) is 4.15. The molecule has 1 unspecified atom stereocenters. The zero-order chi connectivity index (χ0) is 12.1. The van der Waals surface area contributed by atoms with Gasteiger partial charge in [-0.25, -0.2) is 0 Å². The summed E-state index contributed by atoms with van der Waals surface area (Å²) in [7, 11) is 0. The third-order valence-corrected chi connectivity index (χ3v) is 3.00. The Morgan fingerprint density at radius 2 is 2.24 bits per heavy atom. The summed E-state index contributed by atoms with van der Waals surface area (Å²) in [4.78, 5) is 0. The van der Waals surface area contributed by atoms with Crippen LogP contribution in [-0.2, 0) is 6.54 Å². The van der Waals surface area contributed by atoms with Crippen LogP contribution in [0.2, 0.25) is 0 Å². The van der Waals surface area contributed by atoms with Crippen LogP contribution >= 0.6 is 0 Å². The number of hydrogen-bond acceptors (Lipinski definition) is 2. The van der Waals surface area contributed by atoms with Crippen LogP contribution < -0.4 is 5.32 Å². The topological polar surface area (TPSA) is 25.2 Å². The molecule has 2 heteroatoms. The van der Waals surface area contributed by atoms with Crippen molar-refractivity contribution in [1.82, 2.24) is 5.32 Å². The molecule has 1 N–H and O–H groups in total. The highest BCUT2D eigenvalue weighted by atomic mass is 16.3. The second kappa shape index (κ2) is 5.56. The van der Waals surface area contributed by atoms with Gasteiger partial charge in [-0.15, -0.1) is 12.3 Å². The third kappa shape index (κ3) is 2.69. The largest absolute Gasteiger partial charge is 0.464 e. The molecule has 2 rings (SSSR count). The minimum Gasteiger partial charge on any atom is -0.464 e. The molecule has 0 saturated carbocycles. The molecule has 0 saturated heterocycles. The number of hydrogen-bond donors (Lipinski definition) is 1. The smallest absolute Gasteiger partial charge is 0.134 e. The van der Waals surface area contributed by atoms with E-state index in [0.717, 1.165) is 25.0 Å². The summed E-state index contributed by atoms with van der Waals surface area (Å²) in [6.07, 6.45) is 8.97. The molecule has 1 aromatic heterocycles. The summed E-state index contributed by atoms with van der Waals surface area (Å²) in [6.45, 7) is 2.94. The average molecular weight is 227 g/mol. The predicted molar refractivity (Wildman–Crippen MR) is 70.6 cm³/mol. The van der Waals surface area contributed by atoms with Gasteiger partial charge in [0.05, 0.1) is 6.26 Å². The van der Waals surface area contributed by atoms with E-state index < -0.39 is 0 Å². The van der Waals surface area contributed by atoms with Gasteiger partial charge in [0.15, 0.2) is 0 Å². The van der Waals surface area contributed by atoms with Crippen molar-refractivity contribution >= 4 is 11.0 Å². The fourth-order valence-electron chi connectivity index (χ4n) is 1.93. The predicted octanol–water partition coefficient (Wildman–Crippen LogP) is 3.32. The lowest BCUT2D eigenvalue weighted by molar-refractivity contribution is 0.504. The summed E-state index contributed by atoms with van der Waals surface area (Å²) < 4.78 is 5.49. The third-order valence-electron chi connectivity index (χ3n) is 3.00. The van der Waals surface area contributed by atoms with Crippen LogP contribution in [0.25, 0.3) is 11.0 Å². The molecular formula is C15H17NO. The molecule has 0 aliphatic carbocycles. The monoisotopic (exact) mass is 227 g/mol. The van der Waals surface area contributed by atoms with Gasteiger partial charge in [-0.05, 0) is 12.5 Å². The van der Waals surface area contributed by atoms with E-state index in [1.165, 1.54) is 10.9 Å². The van der Waals surface area contributed by atoms with E-state index in [9.17, 15) is 0 Å². The Labute approximate surface area is 102 Å². The summed E-state index contributed by atoms with van der Waals surface area (Å²) in [5.74, 6) is 2.70. The first kappa shape index (κ1) is 11.8. The molecule has 1 atom stereocenters. The number of rotatable bonds is 5. The van der Waals surface area contributed by atoms with Crippen LogP contribution in [0.4, 0.5) is 0 Å². The van der Waals surface area contributed by atoms with Crippen LogP contribution in [0.3, 0.4) is 0 Å². The Hall–Kier alpha value is -1.72. The van der Waals surface area contributed by atoms with Gasteiger partial charge in [0.2, 0.25) is 0 Å². The zero-order valence-electron chi connectivity index (χ0n) is 10.1. The number of fused-ring (bicyclic) bond motifs is 1. The summed E-state index contributed by atoms with van der Waals surface area (Å²) >= 11 is 0. The van der Waals surface area contributed by atoms with Crippen molar-refractivity contribution in [3.05, 3.63) is 36.1 Å². The first-order chi connectivity index (χ1) is 8.35. The van der Waals surface area contributed by atoms with Gasteiger partial charge in [-0.3, -0.25) is 0 Å². The molecule has 0 bridgehead atoms. The highest BCUT2D eigenvalue weighted by Gasteiger charge is 2.07. The normalized spacial score (nSPS) is 12.5. The zero-order valence-corrected chi connectivity index (χ0v) is 10.1. The number of terminal acetylenes is 1. The number of nitrogens with one attached hydrogen (secondary N) is 1. The molecule has 0 aliphatic heterocycles. The van der Waals surface area contributed by atoms with E-state index in [1.54, 1.807) is 0 Å². The van der Waals surface area contributed by atoms with Crippen molar-refractivity contribution in [1.29, 1.82) is 0 Å². The van der Waals surface area contributed by atoms with Gasteiger partial charge in [-0.2, -0.15) is 0 Å². The minimum atomic E-state index is 0.383. The van der Waals surface area contributed by atoms with E-state index in [4.69, 9.17) is 10.8 Å². The SMILES string of the molecule is C#CCC(CC)NCc1coc2ccccc12. The van der Waals surface area contributed by atoms with E-state index in [2.05, 4.69) is 24.2 Å². The number of benzene rings is 1. The first-order valence-corrected chi connectivity index (χ1v) is 5.97. The van der Waals surface area contributed by atoms with E-state index >= 15 is 0 Å². The van der Waals surface area contributed by atoms with Gasteiger partial charge in [0.25, 0.3) is 0 Å². The summed E-state index contributed by atoms with van der Waals surface area (Å²) in [5.41, 5.74) is 2.13. The lowest BCUT2D eigenvalue weighted by Gasteiger charge is -2.13. The molecule has 88 valence electrons. The highest BCUT2D eigenvalue weighted by molar-refractivity contribution is 5.80. The Morgan fingerprint density at radius 3 is 3.00 bits per heavy atom. The molecule has 0 fully saturated rings. The molecule has 1 aromatic carbocycles. The second-order valence-electron chi connectivity index (χ2n) is 4.15. The molecule has 1 heterocycles. The van der Waals surface area contributed by atoms with E-state index in [-0.39, 0.29) is 0 Å². The maximum Gasteiger partial charge on any atom is 0.134 e. The molecule has 17 heavy (non-hydrogen) atoms. The maximum absolute atomic E-state index is 5.49. The van der Waals surface area contributed by atoms with Crippen molar-refractivity contribution in [3.63, 3.8) is 0 Å². The quantitative estimate of drug-likeness (QED) is 0.793. The maximum atomic E-state index is 5.49. The van der Waals surface area contributed by atoms with Crippen molar-refractivity contribution in [2.75, 3.05) is 0 Å². The molecule has 2 nitrogen and oxygen atoms in total. The molecule has 0 radical (unpaired) electrons. The Balaban J connectivity index is 2.06. The number of para-hydroxylation sites is 1. The van der Waals surface area contributed by atoms with Crippen molar-refractivity contribution in [2.24, 2.45) is 0 Å². The summed E-state index contributed by atoms with van der Waals surface area (Å²) in [6, 6.07) is 8.46. The molecule has 0 aliphatic rings. The average Bonchev–Trinajstić information content (AvgIpc) is 2.78. The van der Waals surface area contributed by atoms with Crippen molar-refractivity contribution in [3.8, 4) is 12.3 Å². The van der Waals surface area contributed by atoms with Crippen LogP contribution in [0.15, 0.2) is 34.9 Å². The molecule has 0 spiro atoms. The minimum absolute atomic E-state index is 0.383. The fourth-order valence-corrected chi connectivity index (χ4v) is 1.93. The standard InChI is InChI=1S/C15H17NO/c1-3-7-13(4-2)16-10-12-11-17-15-9-6-5-8-14(12)15/h1,5-6,8-9,11,13,16H,4,7,10H2,2H3. The Bertz CT molecular complexity index is 521. The lowest BCUT2D eigenvalue weighted by Crippen LogP contribution is -2.27.